The predicted octanol–water partition coefficient (Wildman–Crippen LogP) is 2.72. The second kappa shape index (κ2) is 3.87. The standard InChI is InChI=1S/C10H11F2NS/c1-13-8-4-5-14-10-7(12)3-2-6(11)9(8)10/h2-3,8,13H,4-5H2,1H3. The summed E-state index contributed by atoms with van der Waals surface area (Å²) in [5, 5.41) is 3.01. The number of hydrogen-bond acceptors (Lipinski definition) is 2. The third kappa shape index (κ3) is 1.53. The van der Waals surface area contributed by atoms with Crippen LogP contribution in [0.15, 0.2) is 17.0 Å². The van der Waals surface area contributed by atoms with Crippen LogP contribution in [0.4, 0.5) is 8.78 Å². The smallest absolute Gasteiger partial charge is 0.137 e. The van der Waals surface area contributed by atoms with Gasteiger partial charge in [-0.15, -0.1) is 11.8 Å². The van der Waals surface area contributed by atoms with Crippen molar-refractivity contribution in [2.24, 2.45) is 0 Å². The van der Waals surface area contributed by atoms with Gasteiger partial charge in [0.2, 0.25) is 0 Å². The highest BCUT2D eigenvalue weighted by molar-refractivity contribution is 7.99. The van der Waals surface area contributed by atoms with Crippen molar-refractivity contribution >= 4 is 11.8 Å². The largest absolute Gasteiger partial charge is 0.313 e. The molecule has 4 heteroatoms. The second-order valence-electron chi connectivity index (χ2n) is 3.25. The summed E-state index contributed by atoms with van der Waals surface area (Å²) in [5.41, 5.74) is 0.490. The number of nitrogens with one attached hydrogen (secondary N) is 1. The minimum absolute atomic E-state index is 0.0538. The van der Waals surface area contributed by atoms with Crippen LogP contribution in [0.2, 0.25) is 0 Å². The van der Waals surface area contributed by atoms with Gasteiger partial charge in [-0.2, -0.15) is 0 Å². The van der Waals surface area contributed by atoms with Gasteiger partial charge < -0.3 is 5.32 Å². The van der Waals surface area contributed by atoms with Crippen LogP contribution in [0, 0.1) is 11.6 Å². The lowest BCUT2D eigenvalue weighted by Gasteiger charge is -2.25. The lowest BCUT2D eigenvalue weighted by Crippen LogP contribution is -2.22. The SMILES string of the molecule is CNC1CCSc2c(F)ccc(F)c21. The molecule has 0 amide bonds. The number of hydrogen-bond donors (Lipinski definition) is 1. The van der Waals surface area contributed by atoms with Crippen molar-refractivity contribution in [2.75, 3.05) is 12.8 Å². The molecule has 0 saturated carbocycles. The lowest BCUT2D eigenvalue weighted by molar-refractivity contribution is 0.491. The first-order valence-corrected chi connectivity index (χ1v) is 5.50. The number of fused-ring (bicyclic) bond motifs is 1. The Hall–Kier alpha value is -0.610. The molecule has 2 rings (SSSR count). The Morgan fingerprint density at radius 1 is 1.36 bits per heavy atom. The molecular weight excluding hydrogens is 204 g/mol. The van der Waals surface area contributed by atoms with Gasteiger partial charge >= 0.3 is 0 Å². The van der Waals surface area contributed by atoms with Gasteiger partial charge in [-0.3, -0.25) is 0 Å². The van der Waals surface area contributed by atoms with E-state index >= 15 is 0 Å². The van der Waals surface area contributed by atoms with Crippen LogP contribution in [-0.2, 0) is 0 Å². The van der Waals surface area contributed by atoms with E-state index in [-0.39, 0.29) is 17.7 Å². The molecule has 1 aliphatic heterocycles. The van der Waals surface area contributed by atoms with Gasteiger partial charge in [0.1, 0.15) is 11.6 Å². The molecule has 1 atom stereocenters. The molecule has 76 valence electrons. The van der Waals surface area contributed by atoms with Crippen LogP contribution < -0.4 is 5.32 Å². The molecule has 14 heavy (non-hydrogen) atoms. The number of benzene rings is 1. The topological polar surface area (TPSA) is 12.0 Å². The Kier molecular flexibility index (Phi) is 2.74. The highest BCUT2D eigenvalue weighted by Gasteiger charge is 2.25. The Labute approximate surface area is 85.9 Å². The van der Waals surface area contributed by atoms with Gasteiger partial charge in [-0.1, -0.05) is 0 Å². The van der Waals surface area contributed by atoms with E-state index < -0.39 is 0 Å². The minimum atomic E-state index is -0.314. The third-order valence-corrected chi connectivity index (χ3v) is 3.59. The molecule has 1 heterocycles. The Bertz CT molecular complexity index is 354. The van der Waals surface area contributed by atoms with Gasteiger partial charge in [-0.25, -0.2) is 8.78 Å². The van der Waals surface area contributed by atoms with Crippen molar-refractivity contribution in [3.05, 3.63) is 29.3 Å². The number of rotatable bonds is 1. The highest BCUT2D eigenvalue weighted by Crippen LogP contribution is 2.38. The quantitative estimate of drug-likeness (QED) is 0.773. The van der Waals surface area contributed by atoms with Gasteiger partial charge in [0.15, 0.2) is 0 Å². The van der Waals surface area contributed by atoms with Gasteiger partial charge in [0, 0.05) is 11.6 Å². The monoisotopic (exact) mass is 215 g/mol. The first-order chi connectivity index (χ1) is 6.74. The van der Waals surface area contributed by atoms with Crippen molar-refractivity contribution in [2.45, 2.75) is 17.4 Å². The molecule has 1 unspecified atom stereocenters. The van der Waals surface area contributed by atoms with Crippen LogP contribution in [0.1, 0.15) is 18.0 Å². The molecule has 0 radical (unpaired) electrons. The van der Waals surface area contributed by atoms with Gasteiger partial charge in [-0.05, 0) is 31.4 Å². The summed E-state index contributed by atoms with van der Waals surface area (Å²) < 4.78 is 26.8. The lowest BCUT2D eigenvalue weighted by atomic mass is 10.0. The second-order valence-corrected chi connectivity index (χ2v) is 4.36. The van der Waals surface area contributed by atoms with E-state index in [1.54, 1.807) is 7.05 Å². The molecule has 1 aliphatic rings. The normalized spacial score (nSPS) is 20.6. The summed E-state index contributed by atoms with van der Waals surface area (Å²) >= 11 is 1.39. The fraction of sp³-hybridized carbons (Fsp3) is 0.400. The number of thioether (sulfide) groups is 1. The highest BCUT2D eigenvalue weighted by atomic mass is 32.2. The molecule has 0 saturated heterocycles. The zero-order valence-electron chi connectivity index (χ0n) is 7.81. The number of halogens is 2. The molecular formula is C10H11F2NS. The predicted molar refractivity (Wildman–Crippen MR) is 53.5 cm³/mol. The Balaban J connectivity index is 2.55. The maximum absolute atomic E-state index is 13.5. The first kappa shape index (κ1) is 9.93. The molecule has 1 aromatic rings. The van der Waals surface area contributed by atoms with E-state index in [4.69, 9.17) is 0 Å². The zero-order chi connectivity index (χ0) is 10.1. The average molecular weight is 215 g/mol. The van der Waals surface area contributed by atoms with Crippen LogP contribution in [-0.4, -0.2) is 12.8 Å². The summed E-state index contributed by atoms with van der Waals surface area (Å²) in [5.74, 6) is 0.207. The van der Waals surface area contributed by atoms with Crippen LogP contribution in [0.25, 0.3) is 0 Å². The van der Waals surface area contributed by atoms with Crippen molar-refractivity contribution < 1.29 is 8.78 Å². The molecule has 1 aromatic carbocycles. The molecule has 1 nitrogen and oxygen atoms in total. The first-order valence-electron chi connectivity index (χ1n) is 4.52. The molecule has 0 spiro atoms. The van der Waals surface area contributed by atoms with E-state index in [0.29, 0.717) is 10.5 Å². The van der Waals surface area contributed by atoms with Crippen molar-refractivity contribution in [1.82, 2.24) is 5.32 Å². The Morgan fingerprint density at radius 3 is 2.79 bits per heavy atom. The summed E-state index contributed by atoms with van der Waals surface area (Å²) in [6.07, 6.45) is 0.842. The van der Waals surface area contributed by atoms with Gasteiger partial charge in [0.05, 0.1) is 4.90 Å². The maximum Gasteiger partial charge on any atom is 0.137 e. The van der Waals surface area contributed by atoms with Crippen molar-refractivity contribution in [3.63, 3.8) is 0 Å². The third-order valence-electron chi connectivity index (χ3n) is 2.44. The van der Waals surface area contributed by atoms with E-state index in [1.165, 1.54) is 23.9 Å². The summed E-state index contributed by atoms with van der Waals surface area (Å²) in [6, 6.07) is 2.34. The van der Waals surface area contributed by atoms with E-state index in [0.717, 1.165) is 12.2 Å². The van der Waals surface area contributed by atoms with Gasteiger partial charge in [0.25, 0.3) is 0 Å². The maximum atomic E-state index is 13.5. The molecule has 0 fully saturated rings. The zero-order valence-corrected chi connectivity index (χ0v) is 8.63. The molecule has 0 bridgehead atoms. The van der Waals surface area contributed by atoms with Crippen molar-refractivity contribution in [3.8, 4) is 0 Å². The molecule has 1 N–H and O–H groups in total. The molecule has 0 aliphatic carbocycles. The summed E-state index contributed by atoms with van der Waals surface area (Å²) in [4.78, 5) is 0.468. The average Bonchev–Trinajstić information content (AvgIpc) is 2.23. The van der Waals surface area contributed by atoms with E-state index in [2.05, 4.69) is 5.32 Å². The minimum Gasteiger partial charge on any atom is -0.313 e. The fourth-order valence-electron chi connectivity index (χ4n) is 1.73. The summed E-state index contributed by atoms with van der Waals surface area (Å²) in [6.45, 7) is 0. The van der Waals surface area contributed by atoms with E-state index in [1.807, 2.05) is 0 Å². The Morgan fingerprint density at radius 2 is 2.07 bits per heavy atom. The molecule has 0 aromatic heterocycles. The van der Waals surface area contributed by atoms with E-state index in [9.17, 15) is 8.78 Å². The van der Waals surface area contributed by atoms with Crippen LogP contribution in [0.3, 0.4) is 0 Å². The van der Waals surface area contributed by atoms with Crippen LogP contribution >= 0.6 is 11.8 Å². The van der Waals surface area contributed by atoms with Crippen molar-refractivity contribution in [1.29, 1.82) is 0 Å². The summed E-state index contributed by atoms with van der Waals surface area (Å²) in [7, 11) is 1.77. The van der Waals surface area contributed by atoms with Crippen LogP contribution in [0.5, 0.6) is 0 Å². The fourth-order valence-corrected chi connectivity index (χ4v) is 2.89.